The number of amides is 2. The Morgan fingerprint density at radius 2 is 2.11 bits per heavy atom. The highest BCUT2D eigenvalue weighted by molar-refractivity contribution is 6.34. The molecule has 0 spiro atoms. The zero-order valence-corrected chi connectivity index (χ0v) is 14.7. The lowest BCUT2D eigenvalue weighted by atomic mass is 10.1. The van der Waals surface area contributed by atoms with Gasteiger partial charge in [0.1, 0.15) is 0 Å². The molecule has 5 nitrogen and oxygen atoms in total. The first-order valence-corrected chi connectivity index (χ1v) is 8.47. The molecule has 0 aliphatic carbocycles. The van der Waals surface area contributed by atoms with Crippen LogP contribution in [0.4, 0.5) is 18.9 Å². The maximum Gasteiger partial charge on any atom is 0.416 e. The number of halogens is 4. The van der Waals surface area contributed by atoms with Crippen molar-refractivity contribution in [3.05, 3.63) is 58.9 Å². The quantitative estimate of drug-likeness (QED) is 0.859. The van der Waals surface area contributed by atoms with E-state index in [-0.39, 0.29) is 36.1 Å². The highest BCUT2D eigenvalue weighted by Crippen LogP contribution is 2.37. The van der Waals surface area contributed by atoms with Crippen molar-refractivity contribution in [1.29, 1.82) is 0 Å². The van der Waals surface area contributed by atoms with Crippen molar-refractivity contribution in [3.8, 4) is 0 Å². The Bertz CT molecular complexity index is 859. The highest BCUT2D eigenvalue weighted by atomic mass is 35.5. The number of carbonyl (C=O) groups is 2. The number of nitrogens with one attached hydrogen (secondary N) is 1. The maximum absolute atomic E-state index is 12.9. The Hall–Kier alpha value is -2.61. The molecule has 1 fully saturated rings. The summed E-state index contributed by atoms with van der Waals surface area (Å²) >= 11 is 5.99. The Balaban J connectivity index is 1.71. The number of hydrogen-bond donors (Lipinski definition) is 1. The largest absolute Gasteiger partial charge is 0.416 e. The van der Waals surface area contributed by atoms with E-state index in [4.69, 9.17) is 11.6 Å². The fraction of sp³-hybridized carbons (Fsp3) is 0.278. The lowest BCUT2D eigenvalue weighted by Gasteiger charge is -2.20. The van der Waals surface area contributed by atoms with Crippen LogP contribution >= 0.6 is 11.6 Å². The van der Waals surface area contributed by atoms with Gasteiger partial charge in [-0.15, -0.1) is 0 Å². The van der Waals surface area contributed by atoms with Crippen molar-refractivity contribution in [2.24, 2.45) is 5.92 Å². The van der Waals surface area contributed by atoms with E-state index in [1.54, 1.807) is 24.5 Å². The minimum Gasteiger partial charge on any atom is -0.352 e. The molecule has 2 aromatic rings. The maximum atomic E-state index is 12.9. The van der Waals surface area contributed by atoms with E-state index in [9.17, 15) is 22.8 Å². The fourth-order valence-electron chi connectivity index (χ4n) is 2.85. The number of alkyl halides is 3. The van der Waals surface area contributed by atoms with E-state index in [0.717, 1.165) is 28.7 Å². The third-order valence-corrected chi connectivity index (χ3v) is 4.57. The normalized spacial score (nSPS) is 17.3. The van der Waals surface area contributed by atoms with Crippen LogP contribution in [0.1, 0.15) is 17.5 Å². The van der Waals surface area contributed by atoms with E-state index in [0.29, 0.717) is 0 Å². The highest BCUT2D eigenvalue weighted by Gasteiger charge is 2.37. The molecule has 0 radical (unpaired) electrons. The van der Waals surface area contributed by atoms with Crippen LogP contribution in [-0.4, -0.2) is 23.3 Å². The van der Waals surface area contributed by atoms with Crippen LogP contribution in [0.5, 0.6) is 0 Å². The van der Waals surface area contributed by atoms with E-state index in [2.05, 4.69) is 10.3 Å². The Morgan fingerprint density at radius 1 is 1.33 bits per heavy atom. The summed E-state index contributed by atoms with van der Waals surface area (Å²) in [5, 5.41) is 2.73. The predicted octanol–water partition coefficient (Wildman–Crippen LogP) is 3.42. The third kappa shape index (κ3) is 4.39. The molecular weight excluding hydrogens is 383 g/mol. The topological polar surface area (TPSA) is 62.3 Å². The van der Waals surface area contributed by atoms with Crippen LogP contribution in [0.25, 0.3) is 0 Å². The van der Waals surface area contributed by atoms with Crippen LogP contribution in [0.15, 0.2) is 42.7 Å². The SMILES string of the molecule is O=C(NCc1cccnc1)C1CC(=O)N(c2cc(C(F)(F)F)ccc2Cl)C1. The van der Waals surface area contributed by atoms with Gasteiger partial charge in [-0.3, -0.25) is 14.6 Å². The molecule has 1 aliphatic rings. The molecule has 1 atom stereocenters. The second-order valence-electron chi connectivity index (χ2n) is 6.15. The van der Waals surface area contributed by atoms with Gasteiger partial charge < -0.3 is 10.2 Å². The minimum absolute atomic E-state index is 0.0211. The number of hydrogen-bond acceptors (Lipinski definition) is 3. The molecule has 2 amide bonds. The van der Waals surface area contributed by atoms with Gasteiger partial charge in [-0.05, 0) is 29.8 Å². The van der Waals surface area contributed by atoms with Crippen molar-refractivity contribution >= 4 is 29.1 Å². The van der Waals surface area contributed by atoms with Crippen LogP contribution in [-0.2, 0) is 22.3 Å². The second kappa shape index (κ2) is 7.56. The smallest absolute Gasteiger partial charge is 0.352 e. The van der Waals surface area contributed by atoms with Crippen molar-refractivity contribution in [1.82, 2.24) is 10.3 Å². The summed E-state index contributed by atoms with van der Waals surface area (Å²) in [5.41, 5.74) is -0.147. The minimum atomic E-state index is -4.55. The van der Waals surface area contributed by atoms with Crippen LogP contribution < -0.4 is 10.2 Å². The van der Waals surface area contributed by atoms with E-state index in [1.165, 1.54) is 0 Å². The monoisotopic (exact) mass is 397 g/mol. The molecule has 9 heteroatoms. The summed E-state index contributed by atoms with van der Waals surface area (Å²) in [7, 11) is 0. The lowest BCUT2D eigenvalue weighted by molar-refractivity contribution is -0.137. The first-order chi connectivity index (χ1) is 12.8. The number of carbonyl (C=O) groups excluding carboxylic acids is 2. The fourth-order valence-corrected chi connectivity index (χ4v) is 3.07. The molecule has 142 valence electrons. The molecule has 1 aliphatic heterocycles. The van der Waals surface area contributed by atoms with Crippen LogP contribution in [0.3, 0.4) is 0 Å². The summed E-state index contributed by atoms with van der Waals surface area (Å²) in [6, 6.07) is 6.31. The van der Waals surface area contributed by atoms with Crippen molar-refractivity contribution in [3.63, 3.8) is 0 Å². The molecule has 1 unspecified atom stereocenters. The van der Waals surface area contributed by atoms with E-state index < -0.39 is 23.6 Å². The van der Waals surface area contributed by atoms with Gasteiger partial charge in [0, 0.05) is 31.9 Å². The van der Waals surface area contributed by atoms with Crippen molar-refractivity contribution < 1.29 is 22.8 Å². The summed E-state index contributed by atoms with van der Waals surface area (Å²) in [4.78, 5) is 29.7. The van der Waals surface area contributed by atoms with E-state index in [1.807, 2.05) is 0 Å². The number of pyridine rings is 1. The average molecular weight is 398 g/mol. The summed E-state index contributed by atoms with van der Waals surface area (Å²) in [6.07, 6.45) is -1.43. The molecule has 3 rings (SSSR count). The van der Waals surface area contributed by atoms with Gasteiger partial charge >= 0.3 is 6.18 Å². The average Bonchev–Trinajstić information content (AvgIpc) is 3.01. The second-order valence-corrected chi connectivity index (χ2v) is 6.56. The number of rotatable bonds is 4. The molecule has 1 aromatic heterocycles. The Labute approximate surface area is 158 Å². The summed E-state index contributed by atoms with van der Waals surface area (Å²) in [6.45, 7) is 0.223. The number of nitrogens with zero attached hydrogens (tertiary/aromatic N) is 2. The van der Waals surface area contributed by atoms with Crippen LogP contribution in [0, 0.1) is 5.92 Å². The lowest BCUT2D eigenvalue weighted by Crippen LogP contribution is -2.32. The van der Waals surface area contributed by atoms with Crippen molar-refractivity contribution in [2.45, 2.75) is 19.1 Å². The van der Waals surface area contributed by atoms with Crippen LogP contribution in [0.2, 0.25) is 5.02 Å². The van der Waals surface area contributed by atoms with Gasteiger partial charge in [0.05, 0.1) is 22.2 Å². The zero-order chi connectivity index (χ0) is 19.6. The molecule has 0 saturated carbocycles. The van der Waals surface area contributed by atoms with Gasteiger partial charge in [-0.1, -0.05) is 17.7 Å². The van der Waals surface area contributed by atoms with Gasteiger partial charge in [0.15, 0.2) is 0 Å². The Morgan fingerprint density at radius 3 is 2.78 bits per heavy atom. The molecule has 1 aromatic carbocycles. The number of anilines is 1. The molecule has 0 bridgehead atoms. The predicted molar refractivity (Wildman–Crippen MR) is 93.0 cm³/mol. The van der Waals surface area contributed by atoms with Crippen molar-refractivity contribution in [2.75, 3.05) is 11.4 Å². The standard InChI is InChI=1S/C18H15ClF3N3O2/c19-14-4-3-13(18(20,21)22)7-15(14)25-10-12(6-16(25)26)17(27)24-9-11-2-1-5-23-8-11/h1-5,7-8,12H,6,9-10H2,(H,24,27). The van der Waals surface area contributed by atoms with Gasteiger partial charge in [-0.2, -0.15) is 13.2 Å². The van der Waals surface area contributed by atoms with Gasteiger partial charge in [0.25, 0.3) is 0 Å². The summed E-state index contributed by atoms with van der Waals surface area (Å²) < 4.78 is 38.8. The molecule has 27 heavy (non-hydrogen) atoms. The van der Waals surface area contributed by atoms with E-state index >= 15 is 0 Å². The number of benzene rings is 1. The number of aromatic nitrogens is 1. The Kier molecular flexibility index (Phi) is 5.36. The van der Waals surface area contributed by atoms with Gasteiger partial charge in [0.2, 0.25) is 11.8 Å². The summed E-state index contributed by atoms with van der Waals surface area (Å²) in [5.74, 6) is -1.46. The molecule has 1 N–H and O–H groups in total. The first-order valence-electron chi connectivity index (χ1n) is 8.09. The zero-order valence-electron chi connectivity index (χ0n) is 14.0. The molecular formula is C18H15ClF3N3O2. The van der Waals surface area contributed by atoms with Gasteiger partial charge in [-0.25, -0.2) is 0 Å². The molecule has 1 saturated heterocycles. The first kappa shape index (κ1) is 19.2. The molecule has 2 heterocycles. The third-order valence-electron chi connectivity index (χ3n) is 4.25.